The van der Waals surface area contributed by atoms with Gasteiger partial charge >= 0.3 is 0 Å². The Bertz CT molecular complexity index is 964. The van der Waals surface area contributed by atoms with E-state index in [4.69, 9.17) is 21.1 Å². The molecular weight excluding hydrogens is 376 g/mol. The van der Waals surface area contributed by atoms with Gasteiger partial charge in [0.15, 0.2) is 0 Å². The fourth-order valence-corrected chi connectivity index (χ4v) is 3.75. The van der Waals surface area contributed by atoms with Crippen LogP contribution in [0.25, 0.3) is 10.1 Å². The van der Waals surface area contributed by atoms with Crippen molar-refractivity contribution in [2.45, 2.75) is 0 Å². The predicted molar refractivity (Wildman–Crippen MR) is 101 cm³/mol. The molecule has 0 unspecified atom stereocenters. The first-order valence-electron chi connectivity index (χ1n) is 7.54. The third-order valence-corrected chi connectivity index (χ3v) is 5.32. The number of methoxy groups -OCH3 is 2. The highest BCUT2D eigenvalue weighted by Crippen LogP contribution is 2.34. The first kappa shape index (κ1) is 18.0. The summed E-state index contributed by atoms with van der Waals surface area (Å²) in [7, 11) is 2.98. The second kappa shape index (κ2) is 7.63. The summed E-state index contributed by atoms with van der Waals surface area (Å²) >= 11 is 7.52. The van der Waals surface area contributed by atoms with Crippen molar-refractivity contribution in [3.05, 3.63) is 57.9 Å². The molecule has 2 amide bonds. The fraction of sp³-hybridized carbons (Fsp3) is 0.111. The molecule has 26 heavy (non-hydrogen) atoms. The quantitative estimate of drug-likeness (QED) is 0.667. The molecule has 1 heterocycles. The molecule has 0 aliphatic carbocycles. The lowest BCUT2D eigenvalue weighted by Crippen LogP contribution is -2.41. The molecule has 0 bridgehead atoms. The number of amides is 2. The molecule has 0 atom stereocenters. The number of hydrazine groups is 1. The molecule has 8 heteroatoms. The van der Waals surface area contributed by atoms with Crippen molar-refractivity contribution < 1.29 is 19.1 Å². The number of ether oxygens (including phenoxy) is 2. The molecule has 0 saturated carbocycles. The normalized spacial score (nSPS) is 10.4. The number of nitrogens with one attached hydrogen (secondary N) is 2. The smallest absolute Gasteiger partial charge is 0.281 e. The van der Waals surface area contributed by atoms with Crippen LogP contribution in [-0.4, -0.2) is 26.0 Å². The van der Waals surface area contributed by atoms with Crippen LogP contribution in [-0.2, 0) is 0 Å². The van der Waals surface area contributed by atoms with E-state index in [9.17, 15) is 9.59 Å². The number of rotatable bonds is 4. The molecule has 0 aliphatic heterocycles. The van der Waals surface area contributed by atoms with Crippen molar-refractivity contribution in [2.24, 2.45) is 0 Å². The lowest BCUT2D eigenvalue weighted by Gasteiger charge is -2.10. The van der Waals surface area contributed by atoms with Crippen LogP contribution in [0.15, 0.2) is 42.5 Å². The molecule has 3 rings (SSSR count). The van der Waals surface area contributed by atoms with Gasteiger partial charge in [-0.3, -0.25) is 20.4 Å². The number of hydrogen-bond donors (Lipinski definition) is 2. The van der Waals surface area contributed by atoms with Gasteiger partial charge in [-0.25, -0.2) is 0 Å². The van der Waals surface area contributed by atoms with Crippen LogP contribution in [0.4, 0.5) is 0 Å². The number of fused-ring (bicyclic) bond motifs is 1. The van der Waals surface area contributed by atoms with E-state index in [1.54, 1.807) is 6.07 Å². The van der Waals surface area contributed by atoms with E-state index in [0.717, 1.165) is 10.1 Å². The molecule has 2 N–H and O–H groups in total. The van der Waals surface area contributed by atoms with Crippen LogP contribution in [0.5, 0.6) is 11.5 Å². The van der Waals surface area contributed by atoms with E-state index < -0.39 is 11.8 Å². The molecule has 134 valence electrons. The van der Waals surface area contributed by atoms with Gasteiger partial charge in [-0.1, -0.05) is 29.8 Å². The van der Waals surface area contributed by atoms with Crippen molar-refractivity contribution in [2.75, 3.05) is 14.2 Å². The molecule has 0 fully saturated rings. The van der Waals surface area contributed by atoms with Gasteiger partial charge in [-0.15, -0.1) is 11.3 Å². The minimum atomic E-state index is -0.507. The number of benzene rings is 2. The zero-order valence-electron chi connectivity index (χ0n) is 14.0. The van der Waals surface area contributed by atoms with Crippen LogP contribution in [0.3, 0.4) is 0 Å². The van der Waals surface area contributed by atoms with Gasteiger partial charge in [-0.05, 0) is 18.2 Å². The predicted octanol–water partition coefficient (Wildman–Crippen LogP) is 3.65. The van der Waals surface area contributed by atoms with Gasteiger partial charge in [0.05, 0.1) is 19.2 Å². The first-order chi connectivity index (χ1) is 12.5. The minimum Gasteiger partial charge on any atom is -0.497 e. The molecule has 6 nitrogen and oxygen atoms in total. The number of hydrogen-bond acceptors (Lipinski definition) is 5. The lowest BCUT2D eigenvalue weighted by molar-refractivity contribution is 0.0848. The maximum Gasteiger partial charge on any atom is 0.281 e. The van der Waals surface area contributed by atoms with Gasteiger partial charge in [-0.2, -0.15) is 0 Å². The Hall–Kier alpha value is -2.77. The summed E-state index contributed by atoms with van der Waals surface area (Å²) in [5.74, 6) is -0.0612. The maximum absolute atomic E-state index is 12.4. The van der Waals surface area contributed by atoms with Gasteiger partial charge in [0.2, 0.25) is 0 Å². The molecule has 0 radical (unpaired) electrons. The minimum absolute atomic E-state index is 0.281. The molecule has 1 aromatic heterocycles. The zero-order valence-corrected chi connectivity index (χ0v) is 15.5. The highest BCUT2D eigenvalue weighted by molar-refractivity contribution is 7.21. The molecule has 3 aromatic rings. The standard InChI is InChI=1S/C18H15ClN2O4S/c1-24-11-7-10(8-12(9-11)25-2)17(22)20-21-18(23)16-15(19)13-5-3-4-6-14(13)26-16/h3-9H,1-2H3,(H,20,22)(H,21,23). The van der Waals surface area contributed by atoms with E-state index in [1.807, 2.05) is 24.3 Å². The maximum atomic E-state index is 12.4. The third kappa shape index (κ3) is 3.58. The second-order valence-electron chi connectivity index (χ2n) is 5.25. The first-order valence-corrected chi connectivity index (χ1v) is 8.73. The summed E-state index contributed by atoms with van der Waals surface area (Å²) in [5, 5.41) is 1.16. The second-order valence-corrected chi connectivity index (χ2v) is 6.68. The number of halogens is 1. The van der Waals surface area contributed by atoms with Crippen LogP contribution >= 0.6 is 22.9 Å². The van der Waals surface area contributed by atoms with Crippen LogP contribution in [0.2, 0.25) is 5.02 Å². The van der Waals surface area contributed by atoms with E-state index >= 15 is 0 Å². The molecule has 0 spiro atoms. The average molecular weight is 391 g/mol. The van der Waals surface area contributed by atoms with Crippen molar-refractivity contribution in [3.8, 4) is 11.5 Å². The largest absolute Gasteiger partial charge is 0.497 e. The Balaban J connectivity index is 1.74. The van der Waals surface area contributed by atoms with Crippen LogP contribution in [0, 0.1) is 0 Å². The van der Waals surface area contributed by atoms with Crippen LogP contribution in [0.1, 0.15) is 20.0 Å². The number of carbonyl (C=O) groups is 2. The highest BCUT2D eigenvalue weighted by Gasteiger charge is 2.18. The van der Waals surface area contributed by atoms with Gasteiger partial charge in [0.1, 0.15) is 16.4 Å². The van der Waals surface area contributed by atoms with Crippen molar-refractivity contribution in [1.29, 1.82) is 0 Å². The summed E-state index contributed by atoms with van der Waals surface area (Å²) in [6.07, 6.45) is 0. The molecule has 0 aliphatic rings. The Labute approximate surface area is 158 Å². The molecular formula is C18H15ClN2O4S. The topological polar surface area (TPSA) is 76.7 Å². The third-order valence-electron chi connectivity index (χ3n) is 3.64. The lowest BCUT2D eigenvalue weighted by atomic mass is 10.2. The Morgan fingerprint density at radius 2 is 1.58 bits per heavy atom. The number of carbonyl (C=O) groups excluding carboxylic acids is 2. The van der Waals surface area contributed by atoms with E-state index in [-0.39, 0.29) is 5.56 Å². The van der Waals surface area contributed by atoms with Crippen molar-refractivity contribution in [3.63, 3.8) is 0 Å². The summed E-state index contributed by atoms with van der Waals surface area (Å²) in [4.78, 5) is 25.0. The van der Waals surface area contributed by atoms with Crippen molar-refractivity contribution in [1.82, 2.24) is 10.9 Å². The Kier molecular flexibility index (Phi) is 5.29. The Morgan fingerprint density at radius 3 is 2.19 bits per heavy atom. The molecule has 0 saturated heterocycles. The van der Waals surface area contributed by atoms with Gasteiger partial charge in [0, 0.05) is 21.7 Å². The number of thiophene rings is 1. The monoisotopic (exact) mass is 390 g/mol. The molecule has 2 aromatic carbocycles. The van der Waals surface area contributed by atoms with E-state index in [2.05, 4.69) is 10.9 Å². The SMILES string of the molecule is COc1cc(OC)cc(C(=O)NNC(=O)c2sc3ccccc3c2Cl)c1. The van der Waals surface area contributed by atoms with Crippen molar-refractivity contribution >= 4 is 44.8 Å². The summed E-state index contributed by atoms with van der Waals surface area (Å²) in [5.41, 5.74) is 5.03. The Morgan fingerprint density at radius 1 is 0.962 bits per heavy atom. The van der Waals surface area contributed by atoms with Crippen LogP contribution < -0.4 is 20.3 Å². The zero-order chi connectivity index (χ0) is 18.7. The van der Waals surface area contributed by atoms with Gasteiger partial charge < -0.3 is 9.47 Å². The van der Waals surface area contributed by atoms with Gasteiger partial charge in [0.25, 0.3) is 11.8 Å². The summed E-state index contributed by atoms with van der Waals surface area (Å²) < 4.78 is 11.2. The summed E-state index contributed by atoms with van der Waals surface area (Å²) in [6.45, 7) is 0. The average Bonchev–Trinajstić information content (AvgIpc) is 3.02. The van der Waals surface area contributed by atoms with E-state index in [1.165, 1.54) is 37.7 Å². The highest BCUT2D eigenvalue weighted by atomic mass is 35.5. The van der Waals surface area contributed by atoms with E-state index in [0.29, 0.717) is 21.4 Å². The fourth-order valence-electron chi connectivity index (χ4n) is 2.34. The summed E-state index contributed by atoms with van der Waals surface area (Å²) in [6, 6.07) is 12.2.